The number of rotatable bonds is 16. The highest BCUT2D eigenvalue weighted by atomic mass is 19.1. The summed E-state index contributed by atoms with van der Waals surface area (Å²) in [6.45, 7) is 4.38. The van der Waals surface area contributed by atoms with Crippen molar-refractivity contribution in [3.8, 4) is 11.5 Å². The Morgan fingerprint density at radius 1 is 0.955 bits per heavy atom. The lowest BCUT2D eigenvalue weighted by molar-refractivity contribution is -0.141. The number of aliphatic carboxylic acids is 2. The number of hydrogen-bond donors (Lipinski definition) is 2. The summed E-state index contributed by atoms with van der Waals surface area (Å²) in [5, 5.41) is 19.6. The number of benzene rings is 3. The molecule has 4 rings (SSSR count). The number of aromatic nitrogens is 1. The number of aryl methyl sites for hydroxylation is 1. The first-order chi connectivity index (χ1) is 21.1. The molecular weight excluding hydrogens is 565 g/mol. The zero-order valence-corrected chi connectivity index (χ0v) is 24.8. The topological polar surface area (TPSA) is 115 Å². The third-order valence-corrected chi connectivity index (χ3v) is 7.30. The number of fused-ring (bicyclic) bond motifs is 1. The van der Waals surface area contributed by atoms with Gasteiger partial charge in [0.05, 0.1) is 31.1 Å². The first-order valence-electron chi connectivity index (χ1n) is 14.5. The minimum Gasteiger partial charge on any atom is -0.494 e. The number of ether oxygens (including phenoxy) is 2. The van der Waals surface area contributed by atoms with Crippen molar-refractivity contribution in [2.45, 2.75) is 46.1 Å². The number of carbonyl (C=O) groups is 3. The zero-order valence-electron chi connectivity index (χ0n) is 24.8. The number of ketones is 1. The number of carboxylic acid groups (broad SMARTS) is 2. The summed E-state index contributed by atoms with van der Waals surface area (Å²) in [6.07, 6.45) is 7.45. The van der Waals surface area contributed by atoms with E-state index in [1.807, 2.05) is 65.4 Å². The Labute approximate surface area is 255 Å². The number of Topliss-reactive ketones (excluding diaryl/α,β-unsaturated/α-hetero) is 1. The van der Waals surface area contributed by atoms with Crippen molar-refractivity contribution in [3.63, 3.8) is 0 Å². The molecule has 4 aromatic rings. The van der Waals surface area contributed by atoms with Crippen LogP contribution in [0.5, 0.6) is 11.5 Å². The fourth-order valence-electron chi connectivity index (χ4n) is 4.89. The second kappa shape index (κ2) is 15.0. The molecule has 1 unspecified atom stereocenters. The van der Waals surface area contributed by atoms with E-state index < -0.39 is 23.7 Å². The molecule has 0 saturated heterocycles. The van der Waals surface area contributed by atoms with Gasteiger partial charge in [0.15, 0.2) is 5.78 Å². The monoisotopic (exact) mass is 601 g/mol. The smallest absolute Gasteiger partial charge is 0.307 e. The third kappa shape index (κ3) is 8.56. The molecule has 0 spiro atoms. The largest absolute Gasteiger partial charge is 0.494 e. The number of hydrogen-bond acceptors (Lipinski definition) is 5. The van der Waals surface area contributed by atoms with Gasteiger partial charge in [0, 0.05) is 23.6 Å². The fraction of sp³-hybridized carbons (Fsp3) is 0.286. The van der Waals surface area contributed by atoms with Gasteiger partial charge in [-0.2, -0.15) is 0 Å². The average molecular weight is 602 g/mol. The maximum absolute atomic E-state index is 13.4. The molecule has 0 bridgehead atoms. The molecular formula is C35H36FNO7. The molecule has 0 fully saturated rings. The van der Waals surface area contributed by atoms with Gasteiger partial charge in [-0.05, 0) is 79.3 Å². The Bertz CT molecular complexity index is 1660. The quantitative estimate of drug-likeness (QED) is 0.0798. The molecule has 0 saturated carbocycles. The number of nitrogens with zero attached hydrogens (tertiary/aromatic N) is 1. The highest BCUT2D eigenvalue weighted by molar-refractivity contribution is 5.97. The Morgan fingerprint density at radius 2 is 1.68 bits per heavy atom. The van der Waals surface area contributed by atoms with Crippen LogP contribution in [0.4, 0.5) is 4.39 Å². The molecule has 8 nitrogen and oxygen atoms in total. The lowest BCUT2D eigenvalue weighted by Gasteiger charge is -2.10. The molecule has 2 N–H and O–H groups in total. The van der Waals surface area contributed by atoms with Gasteiger partial charge < -0.3 is 24.3 Å². The Kier molecular flexibility index (Phi) is 10.9. The summed E-state index contributed by atoms with van der Waals surface area (Å²) in [4.78, 5) is 34.6. The Balaban J connectivity index is 1.34. The first kappa shape index (κ1) is 32.0. The minimum atomic E-state index is -0.931. The van der Waals surface area contributed by atoms with E-state index in [0.717, 1.165) is 34.2 Å². The van der Waals surface area contributed by atoms with Crippen LogP contribution < -0.4 is 9.47 Å². The predicted octanol–water partition coefficient (Wildman–Crippen LogP) is 7.13. The van der Waals surface area contributed by atoms with Crippen LogP contribution in [0.25, 0.3) is 23.1 Å². The molecule has 9 heteroatoms. The summed E-state index contributed by atoms with van der Waals surface area (Å²) >= 11 is 0. The number of unbranched alkanes of at least 4 members (excludes halogenated alkanes) is 1. The van der Waals surface area contributed by atoms with Crippen LogP contribution in [0.2, 0.25) is 0 Å². The standard InChI is InChI=1S/C35H36FNO7/c1-23(35(41)42)16-17-37-22-27(20-33(39)40)34-26(6-5-7-31(34)37)11-8-25-9-13-29(14-10-25)43-18-3-4-19-44-32-15-12-28(36)21-30(32)24(2)38/h5-15,21-23H,3-4,16-20H2,1-2H3,(H,39,40)(H,41,42). The average Bonchev–Trinajstić information content (AvgIpc) is 3.34. The molecule has 1 atom stereocenters. The van der Waals surface area contributed by atoms with Gasteiger partial charge in [0.1, 0.15) is 17.3 Å². The van der Waals surface area contributed by atoms with E-state index in [4.69, 9.17) is 9.47 Å². The number of carboxylic acids is 2. The molecule has 1 heterocycles. The lowest BCUT2D eigenvalue weighted by Crippen LogP contribution is -2.12. The molecule has 0 aliphatic heterocycles. The van der Waals surface area contributed by atoms with E-state index in [0.29, 0.717) is 43.9 Å². The predicted molar refractivity (Wildman–Crippen MR) is 167 cm³/mol. The van der Waals surface area contributed by atoms with Crippen molar-refractivity contribution in [1.82, 2.24) is 4.57 Å². The van der Waals surface area contributed by atoms with E-state index >= 15 is 0 Å². The maximum Gasteiger partial charge on any atom is 0.307 e. The van der Waals surface area contributed by atoms with E-state index in [9.17, 15) is 29.0 Å². The van der Waals surface area contributed by atoms with Gasteiger partial charge >= 0.3 is 11.9 Å². The third-order valence-electron chi connectivity index (χ3n) is 7.30. The maximum atomic E-state index is 13.4. The van der Waals surface area contributed by atoms with Crippen LogP contribution in [0, 0.1) is 11.7 Å². The molecule has 44 heavy (non-hydrogen) atoms. The molecule has 0 radical (unpaired) electrons. The van der Waals surface area contributed by atoms with Crippen molar-refractivity contribution in [3.05, 3.63) is 94.9 Å². The summed E-state index contributed by atoms with van der Waals surface area (Å²) < 4.78 is 26.9. The van der Waals surface area contributed by atoms with Crippen molar-refractivity contribution >= 4 is 40.8 Å². The van der Waals surface area contributed by atoms with Crippen LogP contribution in [-0.2, 0) is 22.6 Å². The zero-order chi connectivity index (χ0) is 31.6. The second-order valence-electron chi connectivity index (χ2n) is 10.7. The fourth-order valence-corrected chi connectivity index (χ4v) is 4.89. The van der Waals surface area contributed by atoms with Gasteiger partial charge in [-0.1, -0.05) is 43.3 Å². The number of halogens is 1. The highest BCUT2D eigenvalue weighted by Crippen LogP contribution is 2.29. The molecule has 3 aromatic carbocycles. The summed E-state index contributed by atoms with van der Waals surface area (Å²) in [5.41, 5.74) is 3.60. The highest BCUT2D eigenvalue weighted by Gasteiger charge is 2.16. The van der Waals surface area contributed by atoms with Gasteiger partial charge in [0.25, 0.3) is 0 Å². The summed E-state index contributed by atoms with van der Waals surface area (Å²) in [6, 6.07) is 17.3. The molecule has 0 amide bonds. The van der Waals surface area contributed by atoms with Crippen molar-refractivity contribution in [1.29, 1.82) is 0 Å². The van der Waals surface area contributed by atoms with E-state index in [2.05, 4.69) is 0 Å². The molecule has 0 aliphatic carbocycles. The van der Waals surface area contributed by atoms with Crippen molar-refractivity contribution < 1.29 is 38.5 Å². The van der Waals surface area contributed by atoms with Crippen molar-refractivity contribution in [2.75, 3.05) is 13.2 Å². The summed E-state index contributed by atoms with van der Waals surface area (Å²) in [7, 11) is 0. The Morgan fingerprint density at radius 3 is 2.36 bits per heavy atom. The number of carbonyl (C=O) groups excluding carboxylic acids is 1. The molecule has 230 valence electrons. The van der Waals surface area contributed by atoms with Gasteiger partial charge in [0.2, 0.25) is 0 Å². The van der Waals surface area contributed by atoms with Crippen LogP contribution >= 0.6 is 0 Å². The lowest BCUT2D eigenvalue weighted by atomic mass is 10.0. The SMILES string of the molecule is CC(=O)c1cc(F)ccc1OCCCCOc1ccc(C=Cc2cccc3c2c(CC(=O)O)cn3CCC(C)C(=O)O)cc1. The van der Waals surface area contributed by atoms with Crippen molar-refractivity contribution in [2.24, 2.45) is 5.92 Å². The van der Waals surface area contributed by atoms with E-state index in [1.165, 1.54) is 25.1 Å². The van der Waals surface area contributed by atoms with Gasteiger partial charge in [-0.25, -0.2) is 4.39 Å². The normalized spacial score (nSPS) is 12.0. The van der Waals surface area contributed by atoms with Gasteiger partial charge in [-0.15, -0.1) is 0 Å². The first-order valence-corrected chi connectivity index (χ1v) is 14.5. The second-order valence-corrected chi connectivity index (χ2v) is 10.7. The van der Waals surface area contributed by atoms with E-state index in [1.54, 1.807) is 6.92 Å². The summed E-state index contributed by atoms with van der Waals surface area (Å²) in [5.74, 6) is -1.92. The Hall–Kier alpha value is -4.92. The minimum absolute atomic E-state index is 0.132. The van der Waals surface area contributed by atoms with Gasteiger partial charge in [-0.3, -0.25) is 14.4 Å². The molecule has 0 aliphatic rings. The van der Waals surface area contributed by atoms with Crippen LogP contribution in [0.1, 0.15) is 60.2 Å². The van der Waals surface area contributed by atoms with E-state index in [-0.39, 0.29) is 17.8 Å². The van der Waals surface area contributed by atoms with Crippen LogP contribution in [0.15, 0.2) is 66.9 Å². The van der Waals surface area contributed by atoms with Crippen LogP contribution in [-0.4, -0.2) is 45.7 Å². The molecule has 1 aromatic heterocycles. The van der Waals surface area contributed by atoms with Crippen LogP contribution in [0.3, 0.4) is 0 Å².